The lowest BCUT2D eigenvalue weighted by molar-refractivity contribution is -0.129. The number of nitrogens with zero attached hydrogens (tertiary/aromatic N) is 2. The summed E-state index contributed by atoms with van der Waals surface area (Å²) in [4.78, 5) is 28.0. The van der Waals surface area contributed by atoms with Crippen molar-refractivity contribution in [3.63, 3.8) is 0 Å². The van der Waals surface area contributed by atoms with Crippen molar-refractivity contribution in [3.8, 4) is 0 Å². The van der Waals surface area contributed by atoms with E-state index in [1.807, 2.05) is 18.2 Å². The van der Waals surface area contributed by atoms with Crippen molar-refractivity contribution in [2.75, 3.05) is 25.1 Å². The zero-order valence-corrected chi connectivity index (χ0v) is 21.0. The van der Waals surface area contributed by atoms with Gasteiger partial charge in [-0.05, 0) is 61.4 Å². The number of fused-ring (bicyclic) bond motifs is 2. The van der Waals surface area contributed by atoms with Crippen molar-refractivity contribution >= 4 is 21.7 Å². The Morgan fingerprint density at radius 2 is 1.67 bits per heavy atom. The Morgan fingerprint density at radius 3 is 2.25 bits per heavy atom. The van der Waals surface area contributed by atoms with E-state index in [-0.39, 0.29) is 36.7 Å². The van der Waals surface area contributed by atoms with Gasteiger partial charge in [-0.25, -0.2) is 17.2 Å². The molecule has 36 heavy (non-hydrogen) atoms. The summed E-state index contributed by atoms with van der Waals surface area (Å²) >= 11 is 0. The highest BCUT2D eigenvalue weighted by atomic mass is 32.2. The third kappa shape index (κ3) is 6.10. The minimum Gasteiger partial charge on any atom is -0.366 e. The molecule has 2 amide bonds. The molecular formula is C26H31F2N3O4S. The molecule has 2 N–H and O–H groups in total. The van der Waals surface area contributed by atoms with E-state index in [1.54, 1.807) is 6.07 Å². The molecule has 2 heterocycles. The number of halogens is 2. The van der Waals surface area contributed by atoms with Crippen molar-refractivity contribution in [3.05, 3.63) is 70.8 Å². The SMILES string of the molecule is CS(=O)(=O)CC(=O)N(CCN1C2CCC1CC(c1cccc(C(N)=O)c1)C2)Cc1c(F)cccc1F. The number of carbonyl (C=O) groups is 2. The fourth-order valence-electron chi connectivity index (χ4n) is 5.58. The summed E-state index contributed by atoms with van der Waals surface area (Å²) in [6, 6.07) is 11.4. The van der Waals surface area contributed by atoms with Crippen molar-refractivity contribution in [1.82, 2.24) is 9.80 Å². The third-order valence-corrected chi connectivity index (χ3v) is 8.08. The van der Waals surface area contributed by atoms with E-state index < -0.39 is 39.0 Å². The Morgan fingerprint density at radius 1 is 1.06 bits per heavy atom. The summed E-state index contributed by atoms with van der Waals surface area (Å²) in [7, 11) is -3.61. The Labute approximate surface area is 210 Å². The number of benzene rings is 2. The van der Waals surface area contributed by atoms with Gasteiger partial charge in [0.2, 0.25) is 11.8 Å². The van der Waals surface area contributed by atoms with Crippen LogP contribution in [0.2, 0.25) is 0 Å². The van der Waals surface area contributed by atoms with E-state index >= 15 is 0 Å². The first-order chi connectivity index (χ1) is 17.0. The van der Waals surface area contributed by atoms with E-state index in [2.05, 4.69) is 4.90 Å². The molecule has 2 aromatic carbocycles. The highest BCUT2D eigenvalue weighted by Crippen LogP contribution is 2.43. The zero-order chi connectivity index (χ0) is 26.0. The number of rotatable bonds is 9. The molecule has 0 aromatic heterocycles. The van der Waals surface area contributed by atoms with Gasteiger partial charge in [-0.3, -0.25) is 14.5 Å². The highest BCUT2D eigenvalue weighted by molar-refractivity contribution is 7.91. The van der Waals surface area contributed by atoms with Crippen LogP contribution in [0, 0.1) is 11.6 Å². The van der Waals surface area contributed by atoms with E-state index in [0.29, 0.717) is 12.1 Å². The molecule has 2 aromatic rings. The molecule has 4 rings (SSSR count). The van der Waals surface area contributed by atoms with Gasteiger partial charge in [0.25, 0.3) is 0 Å². The van der Waals surface area contributed by atoms with Crippen LogP contribution in [-0.4, -0.2) is 67.2 Å². The molecule has 2 atom stereocenters. The largest absolute Gasteiger partial charge is 0.366 e. The maximum Gasteiger partial charge on any atom is 0.248 e. The molecule has 2 bridgehead atoms. The standard InChI is InChI=1S/C26H31F2N3O4S/c1-36(34,35)16-25(32)30(15-22-23(27)6-3-7-24(22)28)10-11-31-20-8-9-21(31)14-19(13-20)17-4-2-5-18(12-17)26(29)33/h2-7,12,19-21H,8-11,13-16H2,1H3,(H2,29,33). The van der Waals surface area contributed by atoms with Crippen LogP contribution in [0.4, 0.5) is 8.78 Å². The number of hydrogen-bond donors (Lipinski definition) is 1. The van der Waals surface area contributed by atoms with Gasteiger partial charge >= 0.3 is 0 Å². The van der Waals surface area contributed by atoms with E-state index in [0.717, 1.165) is 49.6 Å². The molecule has 10 heteroatoms. The Hall–Kier alpha value is -2.85. The Kier molecular flexibility index (Phi) is 7.75. The van der Waals surface area contributed by atoms with E-state index in [4.69, 9.17) is 5.73 Å². The first kappa shape index (κ1) is 26.2. The van der Waals surface area contributed by atoms with Gasteiger partial charge in [0, 0.05) is 42.6 Å². The van der Waals surface area contributed by atoms with E-state index in [1.165, 1.54) is 11.0 Å². The van der Waals surface area contributed by atoms with E-state index in [9.17, 15) is 26.8 Å². The van der Waals surface area contributed by atoms with Crippen molar-refractivity contribution < 1.29 is 26.8 Å². The lowest BCUT2D eigenvalue weighted by atomic mass is 9.84. The first-order valence-corrected chi connectivity index (χ1v) is 14.1. The predicted octanol–water partition coefficient (Wildman–Crippen LogP) is 2.85. The van der Waals surface area contributed by atoms with Gasteiger partial charge in [0.05, 0.1) is 6.54 Å². The average Bonchev–Trinajstić information content (AvgIpc) is 3.04. The molecule has 0 saturated carbocycles. The summed E-state index contributed by atoms with van der Waals surface area (Å²) in [6.07, 6.45) is 4.73. The smallest absolute Gasteiger partial charge is 0.248 e. The number of nitrogens with two attached hydrogens (primary N) is 1. The van der Waals surface area contributed by atoms with Gasteiger partial charge in [-0.15, -0.1) is 0 Å². The van der Waals surface area contributed by atoms with Crippen LogP contribution in [0.15, 0.2) is 42.5 Å². The molecule has 2 aliphatic rings. The molecule has 0 aliphatic carbocycles. The summed E-state index contributed by atoms with van der Waals surface area (Å²) in [5.74, 6) is -3.10. The molecule has 2 fully saturated rings. The van der Waals surface area contributed by atoms with Crippen LogP contribution in [0.5, 0.6) is 0 Å². The van der Waals surface area contributed by atoms with Crippen molar-refractivity contribution in [2.24, 2.45) is 5.73 Å². The number of primary amides is 1. The number of sulfone groups is 1. The second kappa shape index (κ2) is 10.6. The van der Waals surface area contributed by atoms with Crippen LogP contribution in [0.1, 0.15) is 53.1 Å². The lowest BCUT2D eigenvalue weighted by Crippen LogP contribution is -2.47. The molecule has 0 spiro atoms. The minimum atomic E-state index is -3.61. The zero-order valence-electron chi connectivity index (χ0n) is 20.2. The number of piperidine rings is 1. The molecule has 2 aliphatic heterocycles. The molecule has 7 nitrogen and oxygen atoms in total. The van der Waals surface area contributed by atoms with Crippen molar-refractivity contribution in [1.29, 1.82) is 0 Å². The third-order valence-electron chi connectivity index (χ3n) is 7.30. The van der Waals surface area contributed by atoms with Gasteiger partial charge in [0.15, 0.2) is 9.84 Å². The number of carbonyl (C=O) groups excluding carboxylic acids is 2. The summed E-state index contributed by atoms with van der Waals surface area (Å²) in [5, 5.41) is 0. The molecule has 2 saturated heterocycles. The van der Waals surface area contributed by atoms with Crippen LogP contribution >= 0.6 is 0 Å². The number of hydrogen-bond acceptors (Lipinski definition) is 5. The minimum absolute atomic E-state index is 0.164. The fraction of sp³-hybridized carbons (Fsp3) is 0.462. The average molecular weight is 520 g/mol. The van der Waals surface area contributed by atoms with Crippen LogP contribution in [0.3, 0.4) is 0 Å². The Balaban J connectivity index is 1.46. The summed E-state index contributed by atoms with van der Waals surface area (Å²) in [6.45, 7) is 0.310. The van der Waals surface area contributed by atoms with Gasteiger partial charge < -0.3 is 10.6 Å². The maximum absolute atomic E-state index is 14.3. The highest BCUT2D eigenvalue weighted by Gasteiger charge is 2.41. The maximum atomic E-state index is 14.3. The second-order valence-corrected chi connectivity index (χ2v) is 12.0. The monoisotopic (exact) mass is 519 g/mol. The topological polar surface area (TPSA) is 101 Å². The Bertz CT molecular complexity index is 1220. The van der Waals surface area contributed by atoms with Crippen LogP contribution in [0.25, 0.3) is 0 Å². The predicted molar refractivity (Wildman–Crippen MR) is 132 cm³/mol. The fourth-order valence-corrected chi connectivity index (χ4v) is 6.21. The van der Waals surface area contributed by atoms with Crippen molar-refractivity contribution in [2.45, 2.75) is 50.2 Å². The first-order valence-electron chi connectivity index (χ1n) is 12.1. The summed E-state index contributed by atoms with van der Waals surface area (Å²) in [5.41, 5.74) is 6.76. The number of amides is 2. The molecular weight excluding hydrogens is 488 g/mol. The lowest BCUT2D eigenvalue weighted by Gasteiger charge is -2.40. The van der Waals surface area contributed by atoms with Crippen LogP contribution < -0.4 is 5.73 Å². The normalized spacial score (nSPS) is 21.9. The van der Waals surface area contributed by atoms with Crippen LogP contribution in [-0.2, 0) is 21.2 Å². The quantitative estimate of drug-likeness (QED) is 0.549. The van der Waals surface area contributed by atoms with Gasteiger partial charge in [-0.1, -0.05) is 18.2 Å². The van der Waals surface area contributed by atoms with Gasteiger partial charge in [0.1, 0.15) is 17.4 Å². The molecule has 0 radical (unpaired) electrons. The second-order valence-electron chi connectivity index (χ2n) is 9.87. The molecule has 194 valence electrons. The van der Waals surface area contributed by atoms with Gasteiger partial charge in [-0.2, -0.15) is 0 Å². The summed E-state index contributed by atoms with van der Waals surface area (Å²) < 4.78 is 52.1. The molecule has 2 unspecified atom stereocenters.